The highest BCUT2D eigenvalue weighted by atomic mass is 16.2. The second kappa shape index (κ2) is 7.43. The average Bonchev–Trinajstić information content (AvgIpc) is 2.70. The summed E-state index contributed by atoms with van der Waals surface area (Å²) in [6.07, 6.45) is 2.98. The molecule has 1 aliphatic heterocycles. The van der Waals surface area contributed by atoms with Gasteiger partial charge in [-0.05, 0) is 54.8 Å². The quantitative estimate of drug-likeness (QED) is 0.764. The van der Waals surface area contributed by atoms with Gasteiger partial charge in [-0.2, -0.15) is 0 Å². The standard InChI is InChI=1S/C23H23N3O2/c1-15-3-9-21-20(13-15)19(11-12-24-21)16-4-6-17(7-5-16)23(28)25-18-8-10-22(27)26(2)14-18/h3-7,9,11-13,18H,8,10,14H2,1-2H3,(H,25,28)/t18-/m1/s1. The van der Waals surface area contributed by atoms with E-state index in [-0.39, 0.29) is 17.9 Å². The highest BCUT2D eigenvalue weighted by Gasteiger charge is 2.24. The maximum absolute atomic E-state index is 12.6. The van der Waals surface area contributed by atoms with E-state index in [0.717, 1.165) is 22.0 Å². The molecule has 4 rings (SSSR count). The first-order valence-corrected chi connectivity index (χ1v) is 9.52. The van der Waals surface area contributed by atoms with Crippen LogP contribution in [-0.4, -0.2) is 41.3 Å². The van der Waals surface area contributed by atoms with Crippen molar-refractivity contribution in [3.05, 3.63) is 65.9 Å². The van der Waals surface area contributed by atoms with E-state index in [1.165, 1.54) is 5.56 Å². The van der Waals surface area contributed by atoms with Crippen LogP contribution in [0.5, 0.6) is 0 Å². The van der Waals surface area contributed by atoms with Crippen LogP contribution in [0.1, 0.15) is 28.8 Å². The van der Waals surface area contributed by atoms with Gasteiger partial charge in [0.05, 0.1) is 5.52 Å². The molecular weight excluding hydrogens is 350 g/mol. The topological polar surface area (TPSA) is 62.3 Å². The van der Waals surface area contributed by atoms with Crippen molar-refractivity contribution in [3.8, 4) is 11.1 Å². The highest BCUT2D eigenvalue weighted by molar-refractivity contribution is 5.97. The fourth-order valence-electron chi connectivity index (χ4n) is 3.71. The second-order valence-corrected chi connectivity index (χ2v) is 7.44. The fourth-order valence-corrected chi connectivity index (χ4v) is 3.71. The Labute approximate surface area is 164 Å². The number of carbonyl (C=O) groups excluding carboxylic acids is 2. The van der Waals surface area contributed by atoms with Crippen LogP contribution in [0.2, 0.25) is 0 Å². The first-order valence-electron chi connectivity index (χ1n) is 9.52. The molecule has 5 nitrogen and oxygen atoms in total. The Bertz CT molecular complexity index is 1040. The average molecular weight is 373 g/mol. The molecule has 0 radical (unpaired) electrons. The minimum Gasteiger partial charge on any atom is -0.348 e. The van der Waals surface area contributed by atoms with Crippen molar-refractivity contribution < 1.29 is 9.59 Å². The van der Waals surface area contributed by atoms with E-state index in [4.69, 9.17) is 0 Å². The maximum Gasteiger partial charge on any atom is 0.251 e. The third kappa shape index (κ3) is 3.60. The third-order valence-electron chi connectivity index (χ3n) is 5.32. The number of rotatable bonds is 3. The summed E-state index contributed by atoms with van der Waals surface area (Å²) >= 11 is 0. The van der Waals surface area contributed by atoms with Gasteiger partial charge in [-0.3, -0.25) is 14.6 Å². The van der Waals surface area contributed by atoms with Crippen LogP contribution in [0.3, 0.4) is 0 Å². The lowest BCUT2D eigenvalue weighted by Gasteiger charge is -2.30. The van der Waals surface area contributed by atoms with E-state index in [9.17, 15) is 9.59 Å². The van der Waals surface area contributed by atoms with E-state index in [1.807, 2.05) is 42.6 Å². The van der Waals surface area contributed by atoms with Crippen molar-refractivity contribution in [3.63, 3.8) is 0 Å². The molecule has 1 aromatic heterocycles. The van der Waals surface area contributed by atoms with Gasteiger partial charge < -0.3 is 10.2 Å². The van der Waals surface area contributed by atoms with Crippen molar-refractivity contribution in [2.45, 2.75) is 25.8 Å². The van der Waals surface area contributed by atoms with Gasteiger partial charge in [0.2, 0.25) is 5.91 Å². The molecule has 1 aliphatic rings. The van der Waals surface area contributed by atoms with Crippen LogP contribution in [-0.2, 0) is 4.79 Å². The zero-order chi connectivity index (χ0) is 19.7. The minimum atomic E-state index is -0.102. The number of hydrogen-bond donors (Lipinski definition) is 1. The van der Waals surface area contributed by atoms with Gasteiger partial charge in [-0.15, -0.1) is 0 Å². The van der Waals surface area contributed by atoms with E-state index in [1.54, 1.807) is 11.9 Å². The van der Waals surface area contributed by atoms with Gasteiger partial charge in [0, 0.05) is 43.2 Å². The minimum absolute atomic E-state index is 0.00185. The predicted octanol–water partition coefficient (Wildman–Crippen LogP) is 3.56. The van der Waals surface area contributed by atoms with Crippen LogP contribution < -0.4 is 5.32 Å². The molecule has 0 aliphatic carbocycles. The summed E-state index contributed by atoms with van der Waals surface area (Å²) < 4.78 is 0. The molecular formula is C23H23N3O2. The number of likely N-dealkylation sites (tertiary alicyclic amines) is 1. The van der Waals surface area contributed by atoms with Crippen molar-refractivity contribution in [2.75, 3.05) is 13.6 Å². The van der Waals surface area contributed by atoms with Gasteiger partial charge in [-0.1, -0.05) is 23.8 Å². The van der Waals surface area contributed by atoms with Crippen LogP contribution in [0.4, 0.5) is 0 Å². The second-order valence-electron chi connectivity index (χ2n) is 7.44. The summed E-state index contributed by atoms with van der Waals surface area (Å²) in [6.45, 7) is 2.63. The summed E-state index contributed by atoms with van der Waals surface area (Å²) in [7, 11) is 1.77. The van der Waals surface area contributed by atoms with Crippen molar-refractivity contribution >= 4 is 22.7 Å². The first-order chi connectivity index (χ1) is 13.5. The molecule has 1 fully saturated rings. The summed E-state index contributed by atoms with van der Waals surface area (Å²) in [5, 5.41) is 4.15. The number of fused-ring (bicyclic) bond motifs is 1. The molecule has 1 N–H and O–H groups in total. The number of nitrogens with zero attached hydrogens (tertiary/aromatic N) is 2. The molecule has 2 aromatic carbocycles. The Balaban J connectivity index is 1.54. The van der Waals surface area contributed by atoms with Crippen molar-refractivity contribution in [2.24, 2.45) is 0 Å². The molecule has 142 valence electrons. The van der Waals surface area contributed by atoms with E-state index >= 15 is 0 Å². The maximum atomic E-state index is 12.6. The van der Waals surface area contributed by atoms with E-state index < -0.39 is 0 Å². The van der Waals surface area contributed by atoms with Crippen molar-refractivity contribution in [1.82, 2.24) is 15.2 Å². The smallest absolute Gasteiger partial charge is 0.251 e. The number of carbonyl (C=O) groups is 2. The highest BCUT2D eigenvalue weighted by Crippen LogP contribution is 2.28. The Morgan fingerprint density at radius 1 is 1.14 bits per heavy atom. The van der Waals surface area contributed by atoms with E-state index in [2.05, 4.69) is 29.4 Å². The number of benzene rings is 2. The van der Waals surface area contributed by atoms with Crippen LogP contribution in [0.25, 0.3) is 22.0 Å². The molecule has 0 spiro atoms. The number of likely N-dealkylation sites (N-methyl/N-ethyl adjacent to an activating group) is 1. The van der Waals surface area contributed by atoms with Gasteiger partial charge in [0.25, 0.3) is 5.91 Å². The normalized spacial score (nSPS) is 17.0. The Hall–Kier alpha value is -3.21. The first kappa shape index (κ1) is 18.2. The summed E-state index contributed by atoms with van der Waals surface area (Å²) in [5.41, 5.74) is 4.93. The summed E-state index contributed by atoms with van der Waals surface area (Å²) in [5.74, 6) is 0.0318. The molecule has 28 heavy (non-hydrogen) atoms. The zero-order valence-electron chi connectivity index (χ0n) is 16.1. The zero-order valence-corrected chi connectivity index (χ0v) is 16.1. The number of aryl methyl sites for hydroxylation is 1. The molecule has 3 aromatic rings. The largest absolute Gasteiger partial charge is 0.348 e. The molecule has 2 heterocycles. The molecule has 0 saturated carbocycles. The molecule has 2 amide bonds. The van der Waals surface area contributed by atoms with Gasteiger partial charge in [0.15, 0.2) is 0 Å². The van der Waals surface area contributed by atoms with Crippen LogP contribution >= 0.6 is 0 Å². The van der Waals surface area contributed by atoms with E-state index in [0.29, 0.717) is 24.9 Å². The molecule has 5 heteroatoms. The van der Waals surface area contributed by atoms with Gasteiger partial charge in [-0.25, -0.2) is 0 Å². The van der Waals surface area contributed by atoms with Gasteiger partial charge >= 0.3 is 0 Å². The Morgan fingerprint density at radius 3 is 2.68 bits per heavy atom. The number of pyridine rings is 1. The van der Waals surface area contributed by atoms with Crippen molar-refractivity contribution in [1.29, 1.82) is 0 Å². The molecule has 0 unspecified atom stereocenters. The van der Waals surface area contributed by atoms with Gasteiger partial charge in [0.1, 0.15) is 0 Å². The van der Waals surface area contributed by atoms with Crippen LogP contribution in [0, 0.1) is 6.92 Å². The Morgan fingerprint density at radius 2 is 1.93 bits per heavy atom. The Kier molecular flexibility index (Phi) is 4.82. The van der Waals surface area contributed by atoms with Crippen LogP contribution in [0.15, 0.2) is 54.7 Å². The monoisotopic (exact) mass is 373 g/mol. The number of aromatic nitrogens is 1. The molecule has 0 bridgehead atoms. The fraction of sp³-hybridized carbons (Fsp3) is 0.261. The summed E-state index contributed by atoms with van der Waals surface area (Å²) in [4.78, 5) is 30.3. The number of amides is 2. The third-order valence-corrected chi connectivity index (χ3v) is 5.32. The summed E-state index contributed by atoms with van der Waals surface area (Å²) in [6, 6.07) is 15.9. The molecule has 1 atom stereocenters. The lowest BCUT2D eigenvalue weighted by Crippen LogP contribution is -2.48. The predicted molar refractivity (Wildman–Crippen MR) is 110 cm³/mol. The lowest BCUT2D eigenvalue weighted by atomic mass is 9.99. The SMILES string of the molecule is Cc1ccc2nccc(-c3ccc(C(=O)N[C@@H]4CCC(=O)N(C)C4)cc3)c2c1. The lowest BCUT2D eigenvalue weighted by molar-refractivity contribution is -0.132. The number of piperidine rings is 1. The molecule has 1 saturated heterocycles. The number of nitrogens with one attached hydrogen (secondary N) is 1. The number of hydrogen-bond acceptors (Lipinski definition) is 3.